The number of rotatable bonds is 6. The van der Waals surface area contributed by atoms with Crippen molar-refractivity contribution >= 4 is 29.4 Å². The van der Waals surface area contributed by atoms with Gasteiger partial charge in [-0.3, -0.25) is 9.69 Å². The number of hydrogen-bond donors (Lipinski definition) is 0. The predicted octanol–water partition coefficient (Wildman–Crippen LogP) is 5.41. The minimum atomic E-state index is -4.85. The maximum Gasteiger partial charge on any atom is 0.437 e. The lowest BCUT2D eigenvalue weighted by Crippen LogP contribution is -2.49. The molecule has 1 amide bonds. The minimum Gasteiger partial charge on any atom is -0.446 e. The summed E-state index contributed by atoms with van der Waals surface area (Å²) >= 11 is 0. The fourth-order valence-corrected chi connectivity index (χ4v) is 5.66. The van der Waals surface area contributed by atoms with E-state index in [-0.39, 0.29) is 24.6 Å². The first-order chi connectivity index (χ1) is 19.8. The molecular formula is C29H30F3N5O4. The van der Waals surface area contributed by atoms with E-state index in [1.165, 1.54) is 6.20 Å². The number of Topliss-reactive ketones (excluding diaryl/α,β-unsaturated/α-hetero) is 1. The van der Waals surface area contributed by atoms with Crippen molar-refractivity contribution in [2.24, 2.45) is 0 Å². The molecule has 1 saturated carbocycles. The fourth-order valence-electron chi connectivity index (χ4n) is 5.66. The zero-order valence-electron chi connectivity index (χ0n) is 22.4. The lowest BCUT2D eigenvalue weighted by Gasteiger charge is -2.35. The van der Waals surface area contributed by atoms with E-state index in [0.29, 0.717) is 56.2 Å². The number of carbonyl (C=O) groups is 2. The Morgan fingerprint density at radius 1 is 1.00 bits per heavy atom. The van der Waals surface area contributed by atoms with Crippen LogP contribution >= 0.6 is 0 Å². The van der Waals surface area contributed by atoms with Crippen LogP contribution in [0.25, 0.3) is 0 Å². The molecule has 0 N–H and O–H groups in total. The van der Waals surface area contributed by atoms with Crippen molar-refractivity contribution in [1.82, 2.24) is 14.9 Å². The molecule has 12 heteroatoms. The lowest BCUT2D eigenvalue weighted by molar-refractivity contribution is -0.141. The molecule has 3 aliphatic rings. The molecule has 216 valence electrons. The number of amides is 1. The molecular weight excluding hydrogens is 539 g/mol. The fraction of sp³-hybridized carbons (Fsp3) is 0.448. The zero-order valence-corrected chi connectivity index (χ0v) is 22.4. The minimum absolute atomic E-state index is 0.0187. The molecule has 6 rings (SSSR count). The summed E-state index contributed by atoms with van der Waals surface area (Å²) in [5.41, 5.74) is 0.822. The number of ketones is 1. The van der Waals surface area contributed by atoms with Gasteiger partial charge in [0.1, 0.15) is 11.9 Å². The predicted molar refractivity (Wildman–Crippen MR) is 143 cm³/mol. The second-order valence-electron chi connectivity index (χ2n) is 10.6. The SMILES string of the molecule is O=C(Cc1ccc(N2CCN(C(=O)OC3CCCC3)CC2)nc1)c1oc(N2CCc3ccccc32)nc1C(F)(F)F. The van der Waals surface area contributed by atoms with Crippen molar-refractivity contribution in [2.45, 2.75) is 50.8 Å². The average molecular weight is 570 g/mol. The highest BCUT2D eigenvalue weighted by Crippen LogP contribution is 2.39. The van der Waals surface area contributed by atoms with E-state index in [2.05, 4.69) is 9.97 Å². The van der Waals surface area contributed by atoms with Crippen LogP contribution in [-0.2, 0) is 23.8 Å². The summed E-state index contributed by atoms with van der Waals surface area (Å²) in [4.78, 5) is 38.9. The molecule has 0 radical (unpaired) electrons. The van der Waals surface area contributed by atoms with Crippen molar-refractivity contribution in [3.05, 3.63) is 65.2 Å². The van der Waals surface area contributed by atoms with Crippen LogP contribution in [0.4, 0.5) is 35.5 Å². The van der Waals surface area contributed by atoms with Gasteiger partial charge in [-0.2, -0.15) is 18.2 Å². The number of benzene rings is 1. The summed E-state index contributed by atoms with van der Waals surface area (Å²) in [7, 11) is 0. The molecule has 9 nitrogen and oxygen atoms in total. The molecule has 2 fully saturated rings. The van der Waals surface area contributed by atoms with Crippen molar-refractivity contribution in [3.63, 3.8) is 0 Å². The molecule has 1 aliphatic carbocycles. The second kappa shape index (κ2) is 11.1. The highest BCUT2D eigenvalue weighted by Gasteiger charge is 2.42. The third-order valence-electron chi connectivity index (χ3n) is 7.86. The molecule has 2 aromatic heterocycles. The van der Waals surface area contributed by atoms with Gasteiger partial charge in [0.2, 0.25) is 11.5 Å². The van der Waals surface area contributed by atoms with Crippen LogP contribution in [0.5, 0.6) is 0 Å². The molecule has 0 spiro atoms. The van der Waals surface area contributed by atoms with Gasteiger partial charge in [-0.05, 0) is 55.4 Å². The molecule has 2 aliphatic heterocycles. The van der Waals surface area contributed by atoms with Crippen LogP contribution < -0.4 is 9.80 Å². The maximum absolute atomic E-state index is 13.8. The van der Waals surface area contributed by atoms with E-state index < -0.39 is 23.4 Å². The average Bonchev–Trinajstić information content (AvgIpc) is 3.73. The van der Waals surface area contributed by atoms with Gasteiger partial charge in [0.25, 0.3) is 0 Å². The van der Waals surface area contributed by atoms with Crippen LogP contribution in [0.3, 0.4) is 0 Å². The van der Waals surface area contributed by atoms with Gasteiger partial charge < -0.3 is 19.0 Å². The second-order valence-corrected chi connectivity index (χ2v) is 10.6. The van der Waals surface area contributed by atoms with Crippen LogP contribution in [0.15, 0.2) is 47.0 Å². The van der Waals surface area contributed by atoms with E-state index in [0.717, 1.165) is 31.2 Å². The smallest absolute Gasteiger partial charge is 0.437 e. The van der Waals surface area contributed by atoms with E-state index in [4.69, 9.17) is 9.15 Å². The van der Waals surface area contributed by atoms with Gasteiger partial charge in [0.15, 0.2) is 5.69 Å². The molecule has 0 atom stereocenters. The van der Waals surface area contributed by atoms with Gasteiger partial charge in [0, 0.05) is 51.0 Å². The Kier molecular flexibility index (Phi) is 7.31. The normalized spacial score (nSPS) is 17.7. The van der Waals surface area contributed by atoms with Crippen molar-refractivity contribution in [3.8, 4) is 0 Å². The number of para-hydroxylation sites is 1. The third-order valence-corrected chi connectivity index (χ3v) is 7.86. The van der Waals surface area contributed by atoms with Gasteiger partial charge in [-0.1, -0.05) is 24.3 Å². The van der Waals surface area contributed by atoms with Gasteiger partial charge in [0.05, 0.1) is 0 Å². The van der Waals surface area contributed by atoms with E-state index in [9.17, 15) is 22.8 Å². The van der Waals surface area contributed by atoms with Crippen molar-refractivity contribution in [1.29, 1.82) is 0 Å². The van der Waals surface area contributed by atoms with Crippen molar-refractivity contribution in [2.75, 3.05) is 42.5 Å². The number of hydrogen-bond acceptors (Lipinski definition) is 8. The molecule has 1 saturated heterocycles. The Morgan fingerprint density at radius 2 is 1.76 bits per heavy atom. The first-order valence-electron chi connectivity index (χ1n) is 13.9. The third kappa shape index (κ3) is 5.73. The summed E-state index contributed by atoms with van der Waals surface area (Å²) in [6.45, 7) is 2.55. The summed E-state index contributed by atoms with van der Waals surface area (Å²) in [5.74, 6) is -0.968. The highest BCUT2D eigenvalue weighted by atomic mass is 19.4. The number of fused-ring (bicyclic) bond motifs is 1. The van der Waals surface area contributed by atoms with Gasteiger partial charge in [-0.25, -0.2) is 9.78 Å². The number of ether oxygens (including phenoxy) is 1. The lowest BCUT2D eigenvalue weighted by atomic mass is 10.1. The van der Waals surface area contributed by atoms with Gasteiger partial charge >= 0.3 is 18.3 Å². The summed E-state index contributed by atoms with van der Waals surface area (Å²) in [6.07, 6.45) is 0.730. The molecule has 0 bridgehead atoms. The quantitative estimate of drug-likeness (QED) is 0.364. The number of aromatic nitrogens is 2. The van der Waals surface area contributed by atoms with Gasteiger partial charge in [-0.15, -0.1) is 0 Å². The Balaban J connectivity index is 1.10. The summed E-state index contributed by atoms with van der Waals surface area (Å²) in [6, 6.07) is 10.5. The number of pyridine rings is 1. The molecule has 1 aromatic carbocycles. The number of anilines is 3. The molecule has 3 aromatic rings. The van der Waals surface area contributed by atoms with Crippen LogP contribution in [-0.4, -0.2) is 65.6 Å². The Morgan fingerprint density at radius 3 is 2.46 bits per heavy atom. The standard InChI is InChI=1S/C29H30F3N5O4/c30-29(31,32)26-25(41-27(34-26)37-12-11-20-5-1-4-8-22(20)37)23(38)17-19-9-10-24(33-18-19)35-13-15-36(16-14-35)28(39)40-21-6-2-3-7-21/h1,4-5,8-10,18,21H,2-3,6-7,11-17H2. The van der Waals surface area contributed by atoms with Crippen LogP contribution in [0.2, 0.25) is 0 Å². The van der Waals surface area contributed by atoms with Crippen molar-refractivity contribution < 1.29 is 31.9 Å². The topological polar surface area (TPSA) is 92.0 Å². The van der Waals surface area contributed by atoms with E-state index in [1.807, 2.05) is 17.0 Å². The number of alkyl halides is 3. The molecule has 41 heavy (non-hydrogen) atoms. The van der Waals surface area contributed by atoms with Crippen LogP contribution in [0.1, 0.15) is 53.1 Å². The zero-order chi connectivity index (χ0) is 28.6. The molecule has 0 unspecified atom stereocenters. The van der Waals surface area contributed by atoms with E-state index in [1.54, 1.807) is 34.1 Å². The summed E-state index contributed by atoms with van der Waals surface area (Å²) < 4.78 is 52.6. The maximum atomic E-state index is 13.8. The van der Waals surface area contributed by atoms with Crippen LogP contribution in [0, 0.1) is 0 Å². The first kappa shape index (κ1) is 27.1. The highest BCUT2D eigenvalue weighted by molar-refractivity contribution is 5.96. The Bertz CT molecular complexity index is 1410. The first-order valence-corrected chi connectivity index (χ1v) is 13.9. The van der Waals surface area contributed by atoms with E-state index >= 15 is 0 Å². The number of halogens is 3. The Labute approximate surface area is 234 Å². The molecule has 4 heterocycles. The monoisotopic (exact) mass is 569 g/mol. The largest absolute Gasteiger partial charge is 0.446 e. The number of oxazole rings is 1. The number of nitrogens with zero attached hydrogens (tertiary/aromatic N) is 5. The number of carbonyl (C=O) groups excluding carboxylic acids is 2. The Hall–Kier alpha value is -4.09. The number of piperazine rings is 1. The summed E-state index contributed by atoms with van der Waals surface area (Å²) in [5, 5.41) is 0.